The van der Waals surface area contributed by atoms with Crippen LogP contribution >= 0.6 is 45.7 Å². The van der Waals surface area contributed by atoms with E-state index < -0.39 is 26.9 Å². The van der Waals surface area contributed by atoms with Gasteiger partial charge in [-0.2, -0.15) is 4.31 Å². The maximum Gasteiger partial charge on any atom is 0.256 e. The molecule has 2 aromatic heterocycles. The number of benzene rings is 1. The topological polar surface area (TPSA) is 134 Å². The number of rotatable bonds is 7. The zero-order chi connectivity index (χ0) is 23.8. The second-order valence-electron chi connectivity index (χ2n) is 7.09. The predicted molar refractivity (Wildman–Crippen MR) is 131 cm³/mol. The van der Waals surface area contributed by atoms with Gasteiger partial charge in [0, 0.05) is 40.3 Å². The Balaban J connectivity index is 1.56. The van der Waals surface area contributed by atoms with Crippen molar-refractivity contribution in [1.29, 1.82) is 0 Å². The Kier molecular flexibility index (Phi) is 7.31. The predicted octanol–water partition coefficient (Wildman–Crippen LogP) is 4.09. The van der Waals surface area contributed by atoms with Crippen molar-refractivity contribution in [3.8, 4) is 5.75 Å². The smallest absolute Gasteiger partial charge is 0.256 e. The molecule has 0 bridgehead atoms. The summed E-state index contributed by atoms with van der Waals surface area (Å²) in [5.41, 5.74) is 0.524. The zero-order valence-electron chi connectivity index (χ0n) is 17.3. The number of piperazine rings is 1. The molecular formula is C18H20Cl2N6O4S3. The molecule has 3 heterocycles. The Labute approximate surface area is 207 Å². The van der Waals surface area contributed by atoms with E-state index in [1.165, 1.54) is 9.69 Å². The monoisotopic (exact) mass is 550 g/mol. The van der Waals surface area contributed by atoms with E-state index in [2.05, 4.69) is 24.3 Å². The molecule has 1 fully saturated rings. The normalized spacial score (nSPS) is 16.2. The van der Waals surface area contributed by atoms with Crippen molar-refractivity contribution in [2.24, 2.45) is 0 Å². The van der Waals surface area contributed by atoms with Crippen molar-refractivity contribution in [3.63, 3.8) is 0 Å². The molecule has 15 heteroatoms. The van der Waals surface area contributed by atoms with Gasteiger partial charge in [-0.3, -0.25) is 0 Å². The van der Waals surface area contributed by atoms with E-state index in [1.807, 2.05) is 6.92 Å². The van der Waals surface area contributed by atoms with Crippen molar-refractivity contribution in [1.82, 2.24) is 18.0 Å². The highest BCUT2D eigenvalue weighted by atomic mass is 35.5. The summed E-state index contributed by atoms with van der Waals surface area (Å²) in [6.45, 7) is 4.85. The number of anilines is 4. The van der Waals surface area contributed by atoms with Gasteiger partial charge in [-0.1, -0.05) is 36.2 Å². The van der Waals surface area contributed by atoms with Gasteiger partial charge in [0.05, 0.1) is 21.4 Å². The Bertz CT molecular complexity index is 1260. The molecule has 0 saturated carbocycles. The highest BCUT2D eigenvalue weighted by Gasteiger charge is 2.33. The van der Waals surface area contributed by atoms with Crippen LogP contribution in [0.1, 0.15) is 6.92 Å². The number of halogens is 2. The average Bonchev–Trinajstić information content (AvgIpc) is 3.33. The van der Waals surface area contributed by atoms with Crippen LogP contribution in [0.2, 0.25) is 10.0 Å². The van der Waals surface area contributed by atoms with Crippen LogP contribution in [-0.2, 0) is 10.0 Å². The number of nitrogens with zero attached hydrogens (tertiary/aromatic N) is 4. The third-order valence-corrected chi connectivity index (χ3v) is 9.99. The molecule has 1 aliphatic heterocycles. The van der Waals surface area contributed by atoms with E-state index in [9.17, 15) is 18.1 Å². The molecule has 1 unspecified atom stereocenters. The second kappa shape index (κ2) is 9.88. The highest BCUT2D eigenvalue weighted by molar-refractivity contribution is 7.91. The van der Waals surface area contributed by atoms with Gasteiger partial charge in [-0.15, -0.1) is 11.3 Å². The maximum absolute atomic E-state index is 13.1. The molecule has 33 heavy (non-hydrogen) atoms. The van der Waals surface area contributed by atoms with Crippen LogP contribution in [0.3, 0.4) is 0 Å². The average molecular weight is 552 g/mol. The summed E-state index contributed by atoms with van der Waals surface area (Å²) in [5.74, 6) is -0.278. The lowest BCUT2D eigenvalue weighted by molar-refractivity contribution is 0.196. The number of aromatic nitrogens is 2. The van der Waals surface area contributed by atoms with Crippen LogP contribution in [0, 0.1) is 0 Å². The van der Waals surface area contributed by atoms with Gasteiger partial charge in [0.25, 0.3) is 10.0 Å². The molecule has 0 amide bonds. The van der Waals surface area contributed by atoms with Gasteiger partial charge in [0.2, 0.25) is 11.6 Å². The van der Waals surface area contributed by atoms with Crippen LogP contribution in [0.15, 0.2) is 27.8 Å². The van der Waals surface area contributed by atoms with Gasteiger partial charge in [-0.05, 0) is 18.7 Å². The lowest BCUT2D eigenvalue weighted by atomic mass is 10.3. The first kappa shape index (κ1) is 24.4. The maximum atomic E-state index is 13.1. The third-order valence-electron chi connectivity index (χ3n) is 5.11. The summed E-state index contributed by atoms with van der Waals surface area (Å²) in [6, 6.07) is 4.94. The number of nitrogens with one attached hydrogen (secondary N) is 2. The minimum absolute atomic E-state index is 0.0537. The third kappa shape index (κ3) is 5.05. The van der Waals surface area contributed by atoms with Gasteiger partial charge >= 0.3 is 0 Å². The molecule has 0 radical (unpaired) electrons. The largest absolute Gasteiger partial charge is 0.546 e. The molecule has 4 rings (SSSR count). The standard InChI is InChI=1S/C18H20Cl2N6O4S3/c1-2-25-6-8-26(9-7-25)33(29,30)18-15(27)13(10-31-18)22-17-16(23-32(28)24-17)21-12-5-3-4-11(19)14(12)20/h3-5,10,27H,2,6-9H2,1H3,(H,21,23)(H,22,24). The number of likely N-dealkylation sites (N-methyl/N-ethyl adjacent to an activating group) is 1. The summed E-state index contributed by atoms with van der Waals surface area (Å²) in [4.78, 5) is 2.16. The summed E-state index contributed by atoms with van der Waals surface area (Å²) in [7, 11) is -3.86. The molecule has 1 aromatic carbocycles. The van der Waals surface area contributed by atoms with E-state index in [-0.39, 0.29) is 26.6 Å². The molecule has 1 saturated heterocycles. The fourth-order valence-corrected chi connectivity index (χ4v) is 7.05. The van der Waals surface area contributed by atoms with Gasteiger partial charge < -0.3 is 25.2 Å². The van der Waals surface area contributed by atoms with E-state index in [0.29, 0.717) is 36.9 Å². The molecule has 1 atom stereocenters. The quantitative estimate of drug-likeness (QED) is 0.371. The first-order valence-corrected chi connectivity index (χ1v) is 14.0. The van der Waals surface area contributed by atoms with Crippen molar-refractivity contribution in [2.75, 3.05) is 43.4 Å². The fraction of sp³-hybridized carbons (Fsp3) is 0.333. The van der Waals surface area contributed by atoms with Gasteiger partial charge in [0.15, 0.2) is 21.1 Å². The van der Waals surface area contributed by atoms with Crippen LogP contribution < -0.4 is 10.6 Å². The summed E-state index contributed by atoms with van der Waals surface area (Å²) >= 11 is 11.2. The number of hydrogen-bond donors (Lipinski definition) is 3. The Morgan fingerprint density at radius 3 is 2.42 bits per heavy atom. The minimum Gasteiger partial charge on any atom is -0.546 e. The zero-order valence-corrected chi connectivity index (χ0v) is 21.2. The number of hydrogen-bond acceptors (Lipinski definition) is 10. The van der Waals surface area contributed by atoms with E-state index in [1.54, 1.807) is 18.2 Å². The fourth-order valence-electron chi connectivity index (χ4n) is 3.29. The van der Waals surface area contributed by atoms with E-state index in [0.717, 1.165) is 17.9 Å². The Hall–Kier alpha value is -1.71. The van der Waals surface area contributed by atoms with Gasteiger partial charge in [-0.25, -0.2) is 8.42 Å². The van der Waals surface area contributed by atoms with Crippen molar-refractivity contribution in [2.45, 2.75) is 11.1 Å². The molecule has 10 nitrogen and oxygen atoms in total. The first-order valence-electron chi connectivity index (χ1n) is 9.81. The molecule has 0 spiro atoms. The van der Waals surface area contributed by atoms with Crippen molar-refractivity contribution in [3.05, 3.63) is 33.6 Å². The molecule has 3 aromatic rings. The molecular weight excluding hydrogens is 531 g/mol. The minimum atomic E-state index is -3.86. The van der Waals surface area contributed by atoms with Gasteiger partial charge in [0.1, 0.15) is 0 Å². The molecule has 178 valence electrons. The second-order valence-corrected chi connectivity index (χ2v) is 11.7. The van der Waals surface area contributed by atoms with Crippen LogP contribution in [0.5, 0.6) is 5.75 Å². The van der Waals surface area contributed by atoms with E-state index >= 15 is 0 Å². The highest BCUT2D eigenvalue weighted by Crippen LogP contribution is 2.42. The summed E-state index contributed by atoms with van der Waals surface area (Å²) in [5, 5.41) is 18.4. The lowest BCUT2D eigenvalue weighted by Gasteiger charge is -2.32. The SMILES string of the molecule is CCN1CCN(S(=O)(=O)c2scc(Nc3n[s+]([O-])nc3Nc3cccc(Cl)c3Cl)c2O)CC1. The number of sulfonamides is 1. The lowest BCUT2D eigenvalue weighted by Crippen LogP contribution is -2.48. The van der Waals surface area contributed by atoms with Crippen LogP contribution in [0.25, 0.3) is 0 Å². The van der Waals surface area contributed by atoms with Crippen LogP contribution in [-0.4, -0.2) is 68.8 Å². The van der Waals surface area contributed by atoms with E-state index in [4.69, 9.17) is 23.2 Å². The number of thiophene rings is 1. The molecule has 1 aliphatic rings. The first-order chi connectivity index (χ1) is 15.7. The summed E-state index contributed by atoms with van der Waals surface area (Å²) in [6.07, 6.45) is 0. The van der Waals surface area contributed by atoms with Crippen molar-refractivity contribution >= 4 is 78.7 Å². The summed E-state index contributed by atoms with van der Waals surface area (Å²) < 4.78 is 47.1. The Morgan fingerprint density at radius 2 is 1.79 bits per heavy atom. The Morgan fingerprint density at radius 1 is 1.15 bits per heavy atom. The number of aromatic hydroxyl groups is 1. The van der Waals surface area contributed by atoms with Crippen molar-refractivity contribution < 1.29 is 18.1 Å². The molecule has 0 aliphatic carbocycles. The molecule has 3 N–H and O–H groups in total. The van der Waals surface area contributed by atoms with Crippen LogP contribution in [0.4, 0.5) is 23.0 Å².